The number of hydrogen-bond donors (Lipinski definition) is 1. The van der Waals surface area contributed by atoms with Crippen LogP contribution in [0, 0.1) is 6.92 Å². The van der Waals surface area contributed by atoms with Crippen LogP contribution < -0.4 is 5.32 Å². The zero-order chi connectivity index (χ0) is 19.1. The molecule has 3 rings (SSSR count). The lowest BCUT2D eigenvalue weighted by molar-refractivity contribution is -0.136. The van der Waals surface area contributed by atoms with Crippen molar-refractivity contribution in [3.8, 4) is 0 Å². The number of imide groups is 1. The molecule has 0 unspecified atom stereocenters. The van der Waals surface area contributed by atoms with E-state index in [-0.39, 0.29) is 18.1 Å². The van der Waals surface area contributed by atoms with E-state index < -0.39 is 17.5 Å². The maximum Gasteiger partial charge on any atom is 0.327 e. The molecule has 8 heteroatoms. The highest BCUT2D eigenvalue weighted by molar-refractivity contribution is 6.40. The van der Waals surface area contributed by atoms with Gasteiger partial charge in [0.05, 0.1) is 15.7 Å². The molecule has 1 aromatic carbocycles. The SMILES string of the molecule is Cc1ccc(Cl)c(NC(=O)CN2C(=O)N(C)C3(CCCCC3)C2=O)c1Cl. The minimum Gasteiger partial charge on any atom is -0.322 e. The summed E-state index contributed by atoms with van der Waals surface area (Å²) < 4.78 is 0. The van der Waals surface area contributed by atoms with Crippen LogP contribution in [0.4, 0.5) is 10.5 Å². The molecule has 1 aromatic rings. The number of nitrogens with zero attached hydrogens (tertiary/aromatic N) is 2. The normalized spacial score (nSPS) is 19.4. The van der Waals surface area contributed by atoms with E-state index in [2.05, 4.69) is 5.32 Å². The van der Waals surface area contributed by atoms with Gasteiger partial charge in [0.1, 0.15) is 12.1 Å². The second-order valence-electron chi connectivity index (χ2n) is 6.93. The molecule has 0 bridgehead atoms. The van der Waals surface area contributed by atoms with Crippen molar-refractivity contribution in [2.24, 2.45) is 0 Å². The average molecular weight is 398 g/mol. The number of urea groups is 1. The summed E-state index contributed by atoms with van der Waals surface area (Å²) in [6.07, 6.45) is 4.14. The fraction of sp³-hybridized carbons (Fsp3) is 0.500. The molecule has 1 heterocycles. The van der Waals surface area contributed by atoms with Gasteiger partial charge in [0, 0.05) is 7.05 Å². The molecule has 0 radical (unpaired) electrons. The van der Waals surface area contributed by atoms with E-state index in [0.717, 1.165) is 29.7 Å². The van der Waals surface area contributed by atoms with E-state index in [0.29, 0.717) is 22.9 Å². The molecule has 1 aliphatic carbocycles. The number of rotatable bonds is 3. The Morgan fingerprint density at radius 2 is 1.85 bits per heavy atom. The Bertz CT molecular complexity index is 775. The molecule has 2 fully saturated rings. The maximum atomic E-state index is 12.9. The Morgan fingerprint density at radius 3 is 2.50 bits per heavy atom. The van der Waals surface area contributed by atoms with Gasteiger partial charge in [0.25, 0.3) is 5.91 Å². The number of likely N-dealkylation sites (N-methyl/N-ethyl adjacent to an activating group) is 1. The molecule has 0 aromatic heterocycles. The molecule has 26 heavy (non-hydrogen) atoms. The Hall–Kier alpha value is -1.79. The fourth-order valence-corrected chi connectivity index (χ4v) is 4.23. The lowest BCUT2D eigenvalue weighted by atomic mass is 9.81. The van der Waals surface area contributed by atoms with E-state index in [1.807, 2.05) is 0 Å². The molecule has 140 valence electrons. The number of halogens is 2. The number of anilines is 1. The van der Waals surface area contributed by atoms with Gasteiger partial charge >= 0.3 is 6.03 Å². The van der Waals surface area contributed by atoms with E-state index in [9.17, 15) is 14.4 Å². The van der Waals surface area contributed by atoms with Gasteiger partial charge in [-0.2, -0.15) is 0 Å². The van der Waals surface area contributed by atoms with Crippen LogP contribution in [0.15, 0.2) is 12.1 Å². The first-order valence-electron chi connectivity index (χ1n) is 8.62. The molecule has 1 saturated heterocycles. The summed E-state index contributed by atoms with van der Waals surface area (Å²) in [5.41, 5.74) is 0.257. The van der Waals surface area contributed by atoms with Gasteiger partial charge < -0.3 is 10.2 Å². The molecule has 1 N–H and O–H groups in total. The third-order valence-corrected chi connectivity index (χ3v) is 6.14. The van der Waals surface area contributed by atoms with Crippen LogP contribution >= 0.6 is 23.2 Å². The van der Waals surface area contributed by atoms with Crippen molar-refractivity contribution in [2.45, 2.75) is 44.6 Å². The van der Waals surface area contributed by atoms with Crippen molar-refractivity contribution >= 4 is 46.7 Å². The van der Waals surface area contributed by atoms with Crippen molar-refractivity contribution in [1.82, 2.24) is 9.80 Å². The molecule has 0 atom stereocenters. The van der Waals surface area contributed by atoms with Crippen molar-refractivity contribution in [1.29, 1.82) is 0 Å². The third kappa shape index (κ3) is 3.05. The number of carbonyl (C=O) groups excluding carboxylic acids is 3. The van der Waals surface area contributed by atoms with Crippen molar-refractivity contribution in [3.63, 3.8) is 0 Å². The molecule has 6 nitrogen and oxygen atoms in total. The lowest BCUT2D eigenvalue weighted by Crippen LogP contribution is -2.49. The van der Waals surface area contributed by atoms with Crippen molar-refractivity contribution in [3.05, 3.63) is 27.7 Å². The lowest BCUT2D eigenvalue weighted by Gasteiger charge is -2.35. The Labute approximate surface area is 162 Å². The van der Waals surface area contributed by atoms with Gasteiger partial charge in [-0.1, -0.05) is 48.5 Å². The second kappa shape index (κ2) is 7.08. The third-order valence-electron chi connectivity index (χ3n) is 5.33. The van der Waals surface area contributed by atoms with E-state index in [4.69, 9.17) is 23.2 Å². The summed E-state index contributed by atoms with van der Waals surface area (Å²) in [6, 6.07) is 2.94. The first kappa shape index (κ1) is 19.0. The zero-order valence-electron chi connectivity index (χ0n) is 14.8. The zero-order valence-corrected chi connectivity index (χ0v) is 16.3. The van der Waals surface area contributed by atoms with E-state index in [1.165, 1.54) is 4.90 Å². The standard InChI is InChI=1S/C18H21Cl2N3O3/c1-11-6-7-12(19)15(14(11)20)21-13(24)10-23-16(25)18(22(2)17(23)26)8-4-3-5-9-18/h6-7H,3-5,8-10H2,1-2H3,(H,21,24). The highest BCUT2D eigenvalue weighted by Crippen LogP contribution is 2.39. The van der Waals surface area contributed by atoms with Crippen LogP contribution in [0.5, 0.6) is 0 Å². The summed E-state index contributed by atoms with van der Waals surface area (Å²) in [5, 5.41) is 3.26. The average Bonchev–Trinajstić information content (AvgIpc) is 2.79. The first-order valence-corrected chi connectivity index (χ1v) is 9.38. The molecule has 4 amide bonds. The minimum absolute atomic E-state index is 0.290. The summed E-state index contributed by atoms with van der Waals surface area (Å²) in [7, 11) is 1.64. The van der Waals surface area contributed by atoms with Gasteiger partial charge in [-0.05, 0) is 31.4 Å². The fourth-order valence-electron chi connectivity index (χ4n) is 3.76. The highest BCUT2D eigenvalue weighted by atomic mass is 35.5. The van der Waals surface area contributed by atoms with Gasteiger partial charge in [-0.25, -0.2) is 4.79 Å². The summed E-state index contributed by atoms with van der Waals surface area (Å²) in [4.78, 5) is 40.5. The number of nitrogens with one attached hydrogen (secondary N) is 1. The van der Waals surface area contributed by atoms with E-state index in [1.54, 1.807) is 26.1 Å². The number of benzene rings is 1. The largest absolute Gasteiger partial charge is 0.327 e. The van der Waals surface area contributed by atoms with Gasteiger partial charge in [-0.3, -0.25) is 14.5 Å². The van der Waals surface area contributed by atoms with Crippen LogP contribution in [-0.4, -0.2) is 46.8 Å². The predicted molar refractivity (Wildman–Crippen MR) is 101 cm³/mol. The summed E-state index contributed by atoms with van der Waals surface area (Å²) in [6.45, 7) is 1.44. The second-order valence-corrected chi connectivity index (χ2v) is 7.71. The number of amides is 4. The molecular formula is C18H21Cl2N3O3. The topological polar surface area (TPSA) is 69.7 Å². The Kier molecular flexibility index (Phi) is 5.17. The number of aryl methyl sites for hydroxylation is 1. The first-order chi connectivity index (χ1) is 12.3. The van der Waals surface area contributed by atoms with E-state index >= 15 is 0 Å². The van der Waals surface area contributed by atoms with Gasteiger partial charge in [-0.15, -0.1) is 0 Å². The van der Waals surface area contributed by atoms with Gasteiger partial charge in [0.15, 0.2) is 0 Å². The van der Waals surface area contributed by atoms with Crippen molar-refractivity contribution in [2.75, 3.05) is 18.9 Å². The Morgan fingerprint density at radius 1 is 1.19 bits per heavy atom. The molecule has 1 saturated carbocycles. The summed E-state index contributed by atoms with van der Waals surface area (Å²) >= 11 is 12.3. The van der Waals surface area contributed by atoms with Crippen LogP contribution in [0.3, 0.4) is 0 Å². The quantitative estimate of drug-likeness (QED) is 0.787. The smallest absolute Gasteiger partial charge is 0.322 e. The predicted octanol–water partition coefficient (Wildman–Crippen LogP) is 3.84. The molecular weight excluding hydrogens is 377 g/mol. The maximum absolute atomic E-state index is 12.9. The molecule has 2 aliphatic rings. The van der Waals surface area contributed by atoms with Crippen molar-refractivity contribution < 1.29 is 14.4 Å². The number of carbonyl (C=O) groups is 3. The molecule has 1 spiro atoms. The van der Waals surface area contributed by atoms with Crippen LogP contribution in [0.2, 0.25) is 10.0 Å². The highest BCUT2D eigenvalue weighted by Gasteiger charge is 2.55. The van der Waals surface area contributed by atoms with Crippen LogP contribution in [0.25, 0.3) is 0 Å². The monoisotopic (exact) mass is 397 g/mol. The summed E-state index contributed by atoms with van der Waals surface area (Å²) in [5.74, 6) is -0.802. The Balaban J connectivity index is 1.77. The van der Waals surface area contributed by atoms with Crippen LogP contribution in [0.1, 0.15) is 37.7 Å². The number of hydrogen-bond acceptors (Lipinski definition) is 3. The minimum atomic E-state index is -0.797. The van der Waals surface area contributed by atoms with Gasteiger partial charge in [0.2, 0.25) is 5.91 Å². The van der Waals surface area contributed by atoms with Crippen LogP contribution in [-0.2, 0) is 9.59 Å². The molecule has 1 aliphatic heterocycles.